The minimum absolute atomic E-state index is 0.0912. The number of nitrogens with two attached hydrogens (primary N) is 1. The molecule has 0 aromatic heterocycles. The summed E-state index contributed by atoms with van der Waals surface area (Å²) >= 11 is 0. The average Bonchev–Trinajstić information content (AvgIpc) is 2.14. The van der Waals surface area contributed by atoms with Gasteiger partial charge in [-0.25, -0.2) is 0 Å². The van der Waals surface area contributed by atoms with Gasteiger partial charge >= 0.3 is 0 Å². The number of primary amides is 1. The van der Waals surface area contributed by atoms with Crippen LogP contribution in [0, 0.1) is 11.3 Å². The minimum Gasteiger partial charge on any atom is -0.369 e. The molecule has 0 radical (unpaired) electrons. The second kappa shape index (κ2) is 3.54. The van der Waals surface area contributed by atoms with Crippen LogP contribution in [0.2, 0.25) is 0 Å². The van der Waals surface area contributed by atoms with Crippen molar-refractivity contribution < 1.29 is 4.79 Å². The lowest BCUT2D eigenvalue weighted by Crippen LogP contribution is -2.57. The monoisotopic (exact) mass is 196 g/mol. The fourth-order valence-corrected chi connectivity index (χ4v) is 2.96. The first kappa shape index (κ1) is 9.97. The van der Waals surface area contributed by atoms with Crippen LogP contribution >= 0.6 is 0 Å². The summed E-state index contributed by atoms with van der Waals surface area (Å²) in [6, 6.07) is 0. The number of hydrogen-bond acceptors (Lipinski definition) is 2. The lowest BCUT2D eigenvalue weighted by Gasteiger charge is -2.53. The Kier molecular flexibility index (Phi) is 2.52. The van der Waals surface area contributed by atoms with Crippen LogP contribution in [0.1, 0.15) is 32.6 Å². The maximum absolute atomic E-state index is 11.0. The summed E-state index contributed by atoms with van der Waals surface area (Å²) in [6.07, 6.45) is 4.45. The highest BCUT2D eigenvalue weighted by molar-refractivity contribution is 5.76. The van der Waals surface area contributed by atoms with Crippen molar-refractivity contribution in [3.05, 3.63) is 0 Å². The molecule has 1 saturated heterocycles. The maximum Gasteiger partial charge on any atom is 0.220 e. The molecular weight excluding hydrogens is 176 g/mol. The normalized spacial score (nSPS) is 27.5. The topological polar surface area (TPSA) is 46.3 Å². The predicted octanol–water partition coefficient (Wildman–Crippen LogP) is 0.984. The molecule has 0 unspecified atom stereocenters. The largest absolute Gasteiger partial charge is 0.369 e. The van der Waals surface area contributed by atoms with Crippen LogP contribution in [0.4, 0.5) is 0 Å². The van der Waals surface area contributed by atoms with Gasteiger partial charge in [-0.2, -0.15) is 0 Å². The van der Waals surface area contributed by atoms with Crippen LogP contribution in [0.3, 0.4) is 0 Å². The van der Waals surface area contributed by atoms with Crippen LogP contribution in [-0.2, 0) is 4.79 Å². The second-order valence-corrected chi connectivity index (χ2v) is 4.98. The van der Waals surface area contributed by atoms with Crippen LogP contribution in [0.25, 0.3) is 0 Å². The van der Waals surface area contributed by atoms with Gasteiger partial charge < -0.3 is 10.6 Å². The van der Waals surface area contributed by atoms with Crippen LogP contribution in [0.5, 0.6) is 0 Å². The van der Waals surface area contributed by atoms with Crippen LogP contribution < -0.4 is 5.73 Å². The van der Waals surface area contributed by atoms with E-state index < -0.39 is 0 Å². The Morgan fingerprint density at radius 3 is 2.43 bits per heavy atom. The zero-order valence-electron chi connectivity index (χ0n) is 8.96. The van der Waals surface area contributed by atoms with Gasteiger partial charge in [-0.05, 0) is 37.6 Å². The number of rotatable bonds is 2. The van der Waals surface area contributed by atoms with E-state index in [0.29, 0.717) is 5.41 Å². The van der Waals surface area contributed by atoms with E-state index >= 15 is 0 Å². The third-order valence-corrected chi connectivity index (χ3v) is 4.01. The molecule has 0 atom stereocenters. The summed E-state index contributed by atoms with van der Waals surface area (Å²) in [5.41, 5.74) is 5.88. The van der Waals surface area contributed by atoms with Crippen molar-refractivity contribution in [2.45, 2.75) is 32.6 Å². The van der Waals surface area contributed by atoms with Gasteiger partial charge in [0.15, 0.2) is 0 Å². The number of amides is 1. The Morgan fingerprint density at radius 1 is 1.43 bits per heavy atom. The summed E-state index contributed by atoms with van der Waals surface area (Å²) in [7, 11) is 0. The van der Waals surface area contributed by atoms with Crippen molar-refractivity contribution in [2.24, 2.45) is 17.1 Å². The van der Waals surface area contributed by atoms with E-state index in [9.17, 15) is 4.79 Å². The predicted molar refractivity (Wildman–Crippen MR) is 55.7 cm³/mol. The summed E-state index contributed by atoms with van der Waals surface area (Å²) in [5, 5.41) is 0. The molecule has 2 aliphatic rings. The summed E-state index contributed by atoms with van der Waals surface area (Å²) in [4.78, 5) is 13.5. The standard InChI is InChI=1S/C11H20N2O/c1-2-13-7-11(8-13)5-3-9(4-6-11)10(12)14/h9H,2-8H2,1H3,(H2,12,14). The van der Waals surface area contributed by atoms with E-state index in [1.807, 2.05) is 0 Å². The van der Waals surface area contributed by atoms with E-state index in [2.05, 4.69) is 11.8 Å². The van der Waals surface area contributed by atoms with Crippen molar-refractivity contribution >= 4 is 5.91 Å². The third kappa shape index (κ3) is 1.65. The molecule has 0 aromatic carbocycles. The summed E-state index contributed by atoms with van der Waals surface area (Å²) in [6.45, 7) is 5.87. The van der Waals surface area contributed by atoms with Gasteiger partial charge in [0, 0.05) is 19.0 Å². The van der Waals surface area contributed by atoms with Gasteiger partial charge in [0.2, 0.25) is 5.91 Å². The highest BCUT2D eigenvalue weighted by atomic mass is 16.1. The molecule has 1 saturated carbocycles. The highest BCUT2D eigenvalue weighted by Gasteiger charge is 2.44. The molecule has 2 fully saturated rings. The van der Waals surface area contributed by atoms with Gasteiger partial charge in [-0.1, -0.05) is 6.92 Å². The molecule has 80 valence electrons. The average molecular weight is 196 g/mol. The molecular formula is C11H20N2O. The molecule has 3 heteroatoms. The third-order valence-electron chi connectivity index (χ3n) is 4.01. The molecule has 0 aromatic rings. The van der Waals surface area contributed by atoms with Gasteiger partial charge in [-0.15, -0.1) is 0 Å². The van der Waals surface area contributed by atoms with Gasteiger partial charge in [0.25, 0.3) is 0 Å². The van der Waals surface area contributed by atoms with Crippen molar-refractivity contribution in [1.29, 1.82) is 0 Å². The van der Waals surface area contributed by atoms with E-state index in [0.717, 1.165) is 12.8 Å². The first-order chi connectivity index (χ1) is 6.65. The molecule has 2 N–H and O–H groups in total. The van der Waals surface area contributed by atoms with E-state index in [1.165, 1.54) is 32.5 Å². The number of hydrogen-bond donors (Lipinski definition) is 1. The van der Waals surface area contributed by atoms with E-state index in [1.54, 1.807) is 0 Å². The molecule has 1 amide bonds. The Hall–Kier alpha value is -0.570. The molecule has 1 heterocycles. The Labute approximate surface area is 85.6 Å². The van der Waals surface area contributed by atoms with Crippen LogP contribution in [0.15, 0.2) is 0 Å². The lowest BCUT2D eigenvalue weighted by molar-refractivity contribution is -0.125. The van der Waals surface area contributed by atoms with Gasteiger partial charge in [-0.3, -0.25) is 4.79 Å². The maximum atomic E-state index is 11.0. The molecule has 3 nitrogen and oxygen atoms in total. The molecule has 1 spiro atoms. The molecule has 0 bridgehead atoms. The lowest BCUT2D eigenvalue weighted by atomic mass is 9.66. The number of nitrogens with zero attached hydrogens (tertiary/aromatic N) is 1. The van der Waals surface area contributed by atoms with Gasteiger partial charge in [0.1, 0.15) is 0 Å². The Balaban J connectivity index is 1.82. The van der Waals surface area contributed by atoms with Gasteiger partial charge in [0.05, 0.1) is 0 Å². The number of carbonyl (C=O) groups is 1. The van der Waals surface area contributed by atoms with E-state index in [4.69, 9.17) is 5.73 Å². The molecule has 14 heavy (non-hydrogen) atoms. The van der Waals surface area contributed by atoms with Crippen molar-refractivity contribution in [1.82, 2.24) is 4.90 Å². The summed E-state index contributed by atoms with van der Waals surface area (Å²) in [5.74, 6) is 0.0721. The number of likely N-dealkylation sites (tertiary alicyclic amines) is 1. The molecule has 1 aliphatic carbocycles. The van der Waals surface area contributed by atoms with Crippen molar-refractivity contribution in [3.8, 4) is 0 Å². The molecule has 1 aliphatic heterocycles. The zero-order valence-corrected chi connectivity index (χ0v) is 8.96. The fourth-order valence-electron chi connectivity index (χ4n) is 2.96. The number of carbonyl (C=O) groups excluding carboxylic acids is 1. The van der Waals surface area contributed by atoms with Crippen molar-refractivity contribution in [3.63, 3.8) is 0 Å². The Bertz CT molecular complexity index is 223. The van der Waals surface area contributed by atoms with E-state index in [-0.39, 0.29) is 11.8 Å². The van der Waals surface area contributed by atoms with Crippen LogP contribution in [-0.4, -0.2) is 30.4 Å². The smallest absolute Gasteiger partial charge is 0.220 e. The first-order valence-corrected chi connectivity index (χ1v) is 5.67. The Morgan fingerprint density at radius 2 is 2.00 bits per heavy atom. The minimum atomic E-state index is -0.0912. The SMILES string of the molecule is CCN1CC2(CCC(C(N)=O)CC2)C1. The quantitative estimate of drug-likeness (QED) is 0.715. The first-order valence-electron chi connectivity index (χ1n) is 5.67. The van der Waals surface area contributed by atoms with Crippen molar-refractivity contribution in [2.75, 3.05) is 19.6 Å². The second-order valence-electron chi connectivity index (χ2n) is 4.98. The summed E-state index contributed by atoms with van der Waals surface area (Å²) < 4.78 is 0. The molecule has 2 rings (SSSR count). The highest BCUT2D eigenvalue weighted by Crippen LogP contribution is 2.45. The fraction of sp³-hybridized carbons (Fsp3) is 0.909. The zero-order chi connectivity index (χ0) is 10.2.